The SMILES string of the molecule is C=C(/C=c1/ccccc1=C)c1ccccccc(-c2cccc(C/C=c3\c(=C/C)oc4c5oc6ccccc6c5c5ccccc5c34)c2)c2ccccc12. The van der Waals surface area contributed by atoms with Crippen LogP contribution in [0.2, 0.25) is 0 Å². The summed E-state index contributed by atoms with van der Waals surface area (Å²) >= 11 is 0. The fourth-order valence-electron chi connectivity index (χ4n) is 7.82. The Morgan fingerprint density at radius 2 is 1.24 bits per heavy atom. The van der Waals surface area contributed by atoms with Gasteiger partial charge in [-0.1, -0.05) is 171 Å². The molecule has 7 aromatic carbocycles. The van der Waals surface area contributed by atoms with Crippen molar-refractivity contribution < 1.29 is 8.83 Å². The highest BCUT2D eigenvalue weighted by molar-refractivity contribution is 6.29. The van der Waals surface area contributed by atoms with Crippen molar-refractivity contribution in [3.05, 3.63) is 197 Å². The lowest BCUT2D eigenvalue weighted by atomic mass is 9.94. The molecule has 0 atom stereocenters. The van der Waals surface area contributed by atoms with Gasteiger partial charge in [0, 0.05) is 21.4 Å². The van der Waals surface area contributed by atoms with Gasteiger partial charge in [0.25, 0.3) is 0 Å². The summed E-state index contributed by atoms with van der Waals surface area (Å²) in [5.41, 5.74) is 8.79. The zero-order valence-electron chi connectivity index (χ0n) is 30.2. The molecule has 0 unspecified atom stereocenters. The second kappa shape index (κ2) is 13.9. The number of hydrogen-bond acceptors (Lipinski definition) is 2. The van der Waals surface area contributed by atoms with Gasteiger partial charge in [0.15, 0.2) is 11.2 Å². The number of para-hydroxylation sites is 1. The molecule has 0 bridgehead atoms. The molecule has 2 nitrogen and oxygen atoms in total. The lowest BCUT2D eigenvalue weighted by Crippen LogP contribution is -2.21. The number of furan rings is 2. The third kappa shape index (κ3) is 5.79. The number of hydrogen-bond donors (Lipinski definition) is 0. The second-order valence-electron chi connectivity index (χ2n) is 13.7. The normalized spacial score (nSPS) is 12.7. The maximum atomic E-state index is 6.65. The number of allylic oxidation sites excluding steroid dienone is 1. The van der Waals surface area contributed by atoms with Crippen molar-refractivity contribution in [3.63, 3.8) is 0 Å². The van der Waals surface area contributed by atoms with E-state index in [1.165, 1.54) is 10.9 Å². The van der Waals surface area contributed by atoms with Gasteiger partial charge in [-0.05, 0) is 91.4 Å². The summed E-state index contributed by atoms with van der Waals surface area (Å²) in [5.74, 6) is 0. The van der Waals surface area contributed by atoms with Crippen molar-refractivity contribution in [2.45, 2.75) is 13.3 Å². The van der Waals surface area contributed by atoms with Crippen LogP contribution in [0.3, 0.4) is 0 Å². The zero-order valence-corrected chi connectivity index (χ0v) is 30.2. The van der Waals surface area contributed by atoms with Gasteiger partial charge in [-0.15, -0.1) is 0 Å². The molecule has 258 valence electrons. The van der Waals surface area contributed by atoms with Gasteiger partial charge >= 0.3 is 0 Å². The van der Waals surface area contributed by atoms with E-state index >= 15 is 0 Å². The Hall–Kier alpha value is -6.90. The maximum absolute atomic E-state index is 6.65. The Labute approximate surface area is 313 Å². The third-order valence-corrected chi connectivity index (χ3v) is 10.4. The fraction of sp³-hybridized carbons (Fsp3) is 0.0385. The van der Waals surface area contributed by atoms with Crippen molar-refractivity contribution in [2.75, 3.05) is 0 Å². The summed E-state index contributed by atoms with van der Waals surface area (Å²) in [6.45, 7) is 10.8. The van der Waals surface area contributed by atoms with E-state index in [4.69, 9.17) is 8.83 Å². The Kier molecular flexibility index (Phi) is 8.49. The van der Waals surface area contributed by atoms with Crippen molar-refractivity contribution >= 4 is 84.8 Å². The summed E-state index contributed by atoms with van der Waals surface area (Å²) in [7, 11) is 0. The van der Waals surface area contributed by atoms with E-state index < -0.39 is 0 Å². The van der Waals surface area contributed by atoms with E-state index in [2.05, 4.69) is 159 Å². The van der Waals surface area contributed by atoms with E-state index in [0.29, 0.717) is 0 Å². The highest BCUT2D eigenvalue weighted by Gasteiger charge is 2.19. The van der Waals surface area contributed by atoms with Crippen LogP contribution in [-0.4, -0.2) is 0 Å². The van der Waals surface area contributed by atoms with Crippen LogP contribution in [0.4, 0.5) is 0 Å². The summed E-state index contributed by atoms with van der Waals surface area (Å²) in [4.78, 5) is 0. The minimum Gasteiger partial charge on any atom is -0.452 e. The van der Waals surface area contributed by atoms with E-state index in [9.17, 15) is 0 Å². The molecule has 0 radical (unpaired) electrons. The molecule has 0 saturated heterocycles. The zero-order chi connectivity index (χ0) is 36.6. The monoisotopic (exact) mass is 694 g/mol. The lowest BCUT2D eigenvalue weighted by Gasteiger charge is -2.10. The van der Waals surface area contributed by atoms with Crippen molar-refractivity contribution in [2.24, 2.45) is 0 Å². The molecule has 0 fully saturated rings. The number of rotatable bonds is 5. The largest absolute Gasteiger partial charge is 0.452 e. The van der Waals surface area contributed by atoms with Crippen molar-refractivity contribution in [1.29, 1.82) is 0 Å². The van der Waals surface area contributed by atoms with Crippen LogP contribution in [0.1, 0.15) is 18.1 Å². The molecule has 0 aliphatic carbocycles. The number of fused-ring (bicyclic) bond motifs is 9. The molecule has 2 heteroatoms. The minimum atomic E-state index is 0.727. The minimum absolute atomic E-state index is 0.727. The van der Waals surface area contributed by atoms with Crippen LogP contribution in [0, 0.1) is 0 Å². The summed E-state index contributed by atoms with van der Waals surface area (Å²) in [6, 6.07) is 55.2. The first-order valence-corrected chi connectivity index (χ1v) is 18.4. The summed E-state index contributed by atoms with van der Waals surface area (Å²) in [6.07, 6.45) is 7.22. The van der Waals surface area contributed by atoms with E-state index in [-0.39, 0.29) is 0 Å². The van der Waals surface area contributed by atoms with Gasteiger partial charge < -0.3 is 8.83 Å². The molecule has 9 rings (SSSR count). The topological polar surface area (TPSA) is 26.3 Å². The van der Waals surface area contributed by atoms with E-state index in [1.54, 1.807) is 0 Å². The van der Waals surface area contributed by atoms with Crippen LogP contribution in [-0.2, 0) is 6.42 Å². The van der Waals surface area contributed by atoms with Gasteiger partial charge in [-0.25, -0.2) is 0 Å². The molecule has 2 aromatic heterocycles. The van der Waals surface area contributed by atoms with Crippen molar-refractivity contribution in [3.8, 4) is 11.1 Å². The Morgan fingerprint density at radius 1 is 0.593 bits per heavy atom. The molecule has 0 aliphatic rings. The van der Waals surface area contributed by atoms with E-state index in [0.717, 1.165) is 98.8 Å². The van der Waals surface area contributed by atoms with Gasteiger partial charge in [0.05, 0.1) is 0 Å². The van der Waals surface area contributed by atoms with Gasteiger partial charge in [-0.2, -0.15) is 0 Å². The average Bonchev–Trinajstić information content (AvgIpc) is 3.79. The molecule has 0 amide bonds. The molecule has 54 heavy (non-hydrogen) atoms. The predicted octanol–water partition coefficient (Wildman–Crippen LogP) is 11.2. The fourth-order valence-corrected chi connectivity index (χ4v) is 7.82. The molecule has 9 aromatic rings. The first-order chi connectivity index (χ1) is 26.6. The predicted molar refractivity (Wildman–Crippen MR) is 230 cm³/mol. The van der Waals surface area contributed by atoms with Crippen LogP contribution < -0.4 is 21.1 Å². The molecule has 0 saturated carbocycles. The molecular formula is C52H38O2. The van der Waals surface area contributed by atoms with Gasteiger partial charge in [-0.3, -0.25) is 0 Å². The molecule has 2 heterocycles. The summed E-state index contributed by atoms with van der Waals surface area (Å²) in [5, 5.41) is 11.0. The number of benzene rings is 6. The van der Waals surface area contributed by atoms with Crippen LogP contribution in [0.25, 0.3) is 96.0 Å². The smallest absolute Gasteiger partial charge is 0.179 e. The lowest BCUT2D eigenvalue weighted by molar-refractivity contribution is 0.566. The Balaban J connectivity index is 1.21. The van der Waals surface area contributed by atoms with Crippen LogP contribution in [0.5, 0.6) is 0 Å². The second-order valence-corrected chi connectivity index (χ2v) is 13.7. The Morgan fingerprint density at radius 3 is 2.04 bits per heavy atom. The Bertz CT molecular complexity index is 3250. The van der Waals surface area contributed by atoms with Gasteiger partial charge in [0.1, 0.15) is 11.0 Å². The maximum Gasteiger partial charge on any atom is 0.179 e. The van der Waals surface area contributed by atoms with E-state index in [1.807, 2.05) is 37.3 Å². The highest BCUT2D eigenvalue weighted by Crippen LogP contribution is 2.39. The first kappa shape index (κ1) is 33.0. The molecular weight excluding hydrogens is 657 g/mol. The van der Waals surface area contributed by atoms with Crippen molar-refractivity contribution in [1.82, 2.24) is 0 Å². The van der Waals surface area contributed by atoms with Gasteiger partial charge in [0.2, 0.25) is 0 Å². The highest BCUT2D eigenvalue weighted by atomic mass is 16.4. The molecule has 0 aliphatic heterocycles. The summed E-state index contributed by atoms with van der Waals surface area (Å²) < 4.78 is 13.1. The standard InChI is InChI=1S/C52H38O2/c1-4-47-46(50-44-27-14-13-26-43(44)49-45-28-15-16-29-48(45)54-52(49)51(50)53-47)31-30-36-19-17-21-38(33-36)40-23-8-6-5-7-22-39(41-24-11-12-25-42(40)41)35(3)32-37-20-10-9-18-34(37)2/h4-29,31-33H,2-3,30H2,1H3/b6-5?,7-5?,8-6?,22-7?,23-8?,37-32-,39-22?,40-23?,41-39?,42-40?,46-31+,47-4+. The molecule has 0 spiro atoms. The van der Waals surface area contributed by atoms with Crippen LogP contribution >= 0.6 is 0 Å². The van der Waals surface area contributed by atoms with Crippen LogP contribution in [0.15, 0.2) is 173 Å². The first-order valence-electron chi connectivity index (χ1n) is 18.4. The average molecular weight is 695 g/mol. The quantitative estimate of drug-likeness (QED) is 0.179. The third-order valence-electron chi connectivity index (χ3n) is 10.4. The molecule has 0 N–H and O–H groups in total.